The van der Waals surface area contributed by atoms with E-state index in [0.29, 0.717) is 11.7 Å². The molecule has 0 aliphatic rings. The summed E-state index contributed by atoms with van der Waals surface area (Å²) in [7, 11) is 0. The minimum Gasteiger partial charge on any atom is -0.376 e. The topological polar surface area (TPSA) is 77.0 Å². The molecule has 110 valence electrons. The highest BCUT2D eigenvalue weighted by molar-refractivity contribution is 7.80. The Balaban J connectivity index is 1.90. The van der Waals surface area contributed by atoms with Crippen molar-refractivity contribution in [2.24, 2.45) is 5.73 Å². The molecule has 2 aromatic carbocycles. The SMILES string of the molecule is Cc1ccc(-c2noc(-c3cccc(NC(N)=S)c3)n2)cc1. The normalized spacial score (nSPS) is 10.4. The summed E-state index contributed by atoms with van der Waals surface area (Å²) in [6, 6.07) is 15.4. The van der Waals surface area contributed by atoms with E-state index in [1.807, 2.05) is 55.5 Å². The van der Waals surface area contributed by atoms with Gasteiger partial charge in [-0.1, -0.05) is 41.1 Å². The van der Waals surface area contributed by atoms with Crippen LogP contribution in [0, 0.1) is 6.92 Å². The van der Waals surface area contributed by atoms with Gasteiger partial charge in [-0.25, -0.2) is 0 Å². The zero-order valence-electron chi connectivity index (χ0n) is 11.9. The number of nitrogens with zero attached hydrogens (tertiary/aromatic N) is 2. The zero-order valence-corrected chi connectivity index (χ0v) is 12.7. The Morgan fingerprint density at radius 1 is 1.14 bits per heavy atom. The van der Waals surface area contributed by atoms with E-state index in [-0.39, 0.29) is 5.11 Å². The van der Waals surface area contributed by atoms with Crippen molar-refractivity contribution in [2.45, 2.75) is 6.92 Å². The summed E-state index contributed by atoms with van der Waals surface area (Å²) in [5.41, 5.74) is 9.15. The first kappa shape index (κ1) is 14.2. The number of anilines is 1. The number of hydrogen-bond acceptors (Lipinski definition) is 4. The highest BCUT2D eigenvalue weighted by atomic mass is 32.1. The number of benzene rings is 2. The van der Waals surface area contributed by atoms with Gasteiger partial charge in [-0.05, 0) is 37.3 Å². The van der Waals surface area contributed by atoms with Crippen LogP contribution in [-0.2, 0) is 0 Å². The number of thiocarbonyl (C=S) groups is 1. The molecule has 5 nitrogen and oxygen atoms in total. The molecular weight excluding hydrogens is 296 g/mol. The fourth-order valence-electron chi connectivity index (χ4n) is 2.03. The summed E-state index contributed by atoms with van der Waals surface area (Å²) in [5.74, 6) is 1.00. The molecule has 0 bridgehead atoms. The number of nitrogens with two attached hydrogens (primary N) is 1. The summed E-state index contributed by atoms with van der Waals surface area (Å²) in [5, 5.41) is 7.12. The first-order valence-corrected chi connectivity index (χ1v) is 7.10. The molecule has 22 heavy (non-hydrogen) atoms. The second-order valence-corrected chi connectivity index (χ2v) is 5.30. The van der Waals surface area contributed by atoms with Crippen LogP contribution in [0.2, 0.25) is 0 Å². The molecule has 3 aromatic rings. The lowest BCUT2D eigenvalue weighted by molar-refractivity contribution is 0.432. The molecule has 0 aliphatic heterocycles. The number of aromatic nitrogens is 2. The molecule has 0 radical (unpaired) electrons. The molecule has 3 rings (SSSR count). The minimum absolute atomic E-state index is 0.211. The largest absolute Gasteiger partial charge is 0.376 e. The third-order valence-corrected chi connectivity index (χ3v) is 3.21. The molecule has 3 N–H and O–H groups in total. The fourth-order valence-corrected chi connectivity index (χ4v) is 2.15. The van der Waals surface area contributed by atoms with Crippen molar-refractivity contribution < 1.29 is 4.52 Å². The lowest BCUT2D eigenvalue weighted by Gasteiger charge is -2.03. The van der Waals surface area contributed by atoms with Crippen molar-refractivity contribution in [3.63, 3.8) is 0 Å². The summed E-state index contributed by atoms with van der Waals surface area (Å²) < 4.78 is 5.34. The van der Waals surface area contributed by atoms with Gasteiger partial charge in [0.15, 0.2) is 5.11 Å². The fraction of sp³-hybridized carbons (Fsp3) is 0.0625. The van der Waals surface area contributed by atoms with Crippen molar-refractivity contribution in [1.82, 2.24) is 10.1 Å². The second-order valence-electron chi connectivity index (χ2n) is 4.86. The predicted octanol–water partition coefficient (Wildman–Crippen LogP) is 3.37. The van der Waals surface area contributed by atoms with Gasteiger partial charge in [-0.2, -0.15) is 4.98 Å². The Morgan fingerprint density at radius 3 is 2.64 bits per heavy atom. The maximum absolute atomic E-state index is 5.47. The van der Waals surface area contributed by atoms with Crippen LogP contribution in [0.25, 0.3) is 22.8 Å². The van der Waals surface area contributed by atoms with Gasteiger partial charge in [0.1, 0.15) is 0 Å². The average Bonchev–Trinajstić information content (AvgIpc) is 2.97. The van der Waals surface area contributed by atoms with E-state index in [9.17, 15) is 0 Å². The Labute approximate surface area is 133 Å². The molecule has 1 aromatic heterocycles. The van der Waals surface area contributed by atoms with E-state index in [2.05, 4.69) is 15.5 Å². The van der Waals surface area contributed by atoms with Gasteiger partial charge in [0.25, 0.3) is 5.89 Å². The Morgan fingerprint density at radius 2 is 1.91 bits per heavy atom. The summed E-state index contributed by atoms with van der Waals surface area (Å²) in [4.78, 5) is 4.43. The molecule has 0 unspecified atom stereocenters. The van der Waals surface area contributed by atoms with Crippen LogP contribution >= 0.6 is 12.2 Å². The number of nitrogens with one attached hydrogen (secondary N) is 1. The first-order valence-electron chi connectivity index (χ1n) is 6.69. The third kappa shape index (κ3) is 3.12. The van der Waals surface area contributed by atoms with Crippen LogP contribution in [0.5, 0.6) is 0 Å². The second kappa shape index (κ2) is 5.95. The molecule has 0 spiro atoms. The van der Waals surface area contributed by atoms with Gasteiger partial charge >= 0.3 is 0 Å². The van der Waals surface area contributed by atoms with Crippen LogP contribution in [-0.4, -0.2) is 15.3 Å². The lowest BCUT2D eigenvalue weighted by atomic mass is 10.1. The van der Waals surface area contributed by atoms with Gasteiger partial charge in [-0.3, -0.25) is 0 Å². The predicted molar refractivity (Wildman–Crippen MR) is 90.3 cm³/mol. The molecule has 0 saturated carbocycles. The van der Waals surface area contributed by atoms with Crippen LogP contribution in [0.3, 0.4) is 0 Å². The van der Waals surface area contributed by atoms with Gasteiger partial charge in [-0.15, -0.1) is 0 Å². The van der Waals surface area contributed by atoms with E-state index in [1.165, 1.54) is 5.56 Å². The Bertz CT molecular complexity index is 811. The van der Waals surface area contributed by atoms with Gasteiger partial charge in [0.2, 0.25) is 5.82 Å². The van der Waals surface area contributed by atoms with E-state index in [0.717, 1.165) is 16.8 Å². The van der Waals surface area contributed by atoms with Crippen LogP contribution in [0.4, 0.5) is 5.69 Å². The van der Waals surface area contributed by atoms with Crippen molar-refractivity contribution in [3.8, 4) is 22.8 Å². The van der Waals surface area contributed by atoms with E-state index in [4.69, 9.17) is 22.5 Å². The average molecular weight is 310 g/mol. The first-order chi connectivity index (χ1) is 10.6. The molecular formula is C16H14N4OS. The molecule has 0 atom stereocenters. The number of aryl methyl sites for hydroxylation is 1. The van der Waals surface area contributed by atoms with Gasteiger partial charge in [0, 0.05) is 16.8 Å². The molecule has 0 aliphatic carbocycles. The van der Waals surface area contributed by atoms with Gasteiger partial charge in [0.05, 0.1) is 0 Å². The van der Waals surface area contributed by atoms with Crippen molar-refractivity contribution in [3.05, 3.63) is 54.1 Å². The molecule has 6 heteroatoms. The molecule has 0 saturated heterocycles. The maximum atomic E-state index is 5.47. The molecule has 0 amide bonds. The smallest absolute Gasteiger partial charge is 0.258 e. The van der Waals surface area contributed by atoms with Crippen molar-refractivity contribution >= 4 is 23.0 Å². The molecule has 0 fully saturated rings. The Hall–Kier alpha value is -2.73. The molecule has 1 heterocycles. The maximum Gasteiger partial charge on any atom is 0.258 e. The summed E-state index contributed by atoms with van der Waals surface area (Å²) >= 11 is 4.83. The summed E-state index contributed by atoms with van der Waals surface area (Å²) in [6.07, 6.45) is 0. The number of hydrogen-bond donors (Lipinski definition) is 2. The quantitative estimate of drug-likeness (QED) is 0.722. The van der Waals surface area contributed by atoms with E-state index >= 15 is 0 Å². The monoisotopic (exact) mass is 310 g/mol. The number of rotatable bonds is 3. The zero-order chi connectivity index (χ0) is 15.5. The van der Waals surface area contributed by atoms with E-state index < -0.39 is 0 Å². The third-order valence-electron chi connectivity index (χ3n) is 3.11. The Kier molecular flexibility index (Phi) is 3.84. The van der Waals surface area contributed by atoms with Crippen molar-refractivity contribution in [2.75, 3.05) is 5.32 Å². The van der Waals surface area contributed by atoms with Crippen LogP contribution in [0.15, 0.2) is 53.1 Å². The van der Waals surface area contributed by atoms with Crippen molar-refractivity contribution in [1.29, 1.82) is 0 Å². The highest BCUT2D eigenvalue weighted by Gasteiger charge is 2.11. The van der Waals surface area contributed by atoms with E-state index in [1.54, 1.807) is 0 Å². The minimum atomic E-state index is 0.211. The van der Waals surface area contributed by atoms with Gasteiger partial charge < -0.3 is 15.6 Å². The standard InChI is InChI=1S/C16H14N4OS/c1-10-5-7-11(8-6-10)14-19-15(21-20-14)12-3-2-4-13(9-12)18-16(17)22/h2-9H,1H3,(H3,17,18,22). The van der Waals surface area contributed by atoms with Crippen LogP contribution in [0.1, 0.15) is 5.56 Å². The van der Waals surface area contributed by atoms with Crippen LogP contribution < -0.4 is 11.1 Å². The highest BCUT2D eigenvalue weighted by Crippen LogP contribution is 2.24. The lowest BCUT2D eigenvalue weighted by Crippen LogP contribution is -2.18. The summed E-state index contributed by atoms with van der Waals surface area (Å²) in [6.45, 7) is 2.03.